The lowest BCUT2D eigenvalue weighted by Crippen LogP contribution is -2.38. The number of hydrogen-bond donors (Lipinski definition) is 2. The highest BCUT2D eigenvalue weighted by molar-refractivity contribution is 5.89. The van der Waals surface area contributed by atoms with Crippen molar-refractivity contribution in [3.05, 3.63) is 59.7 Å². The third-order valence-corrected chi connectivity index (χ3v) is 5.11. The van der Waals surface area contributed by atoms with Crippen LogP contribution in [0.2, 0.25) is 0 Å². The van der Waals surface area contributed by atoms with Gasteiger partial charge >= 0.3 is 6.03 Å². The molecule has 0 aromatic heterocycles. The van der Waals surface area contributed by atoms with Crippen molar-refractivity contribution in [1.29, 1.82) is 0 Å². The summed E-state index contributed by atoms with van der Waals surface area (Å²) in [5.74, 6) is 0. The number of nitrogens with one attached hydrogen (secondary N) is 2. The van der Waals surface area contributed by atoms with E-state index in [-0.39, 0.29) is 12.1 Å². The van der Waals surface area contributed by atoms with Crippen molar-refractivity contribution in [3.63, 3.8) is 0 Å². The molecule has 3 rings (SSSR count). The van der Waals surface area contributed by atoms with E-state index in [0.29, 0.717) is 6.54 Å². The molecule has 144 valence electrons. The highest BCUT2D eigenvalue weighted by Gasteiger charge is 2.24. The SMILES string of the molecule is Cc1cccc(NC(=O)NC[C@@H](c2ccc(N(C)C)cc2)N2CCCC2)c1. The van der Waals surface area contributed by atoms with Crippen LogP contribution in [0.15, 0.2) is 48.5 Å². The first-order valence-corrected chi connectivity index (χ1v) is 9.66. The minimum Gasteiger partial charge on any atom is -0.378 e. The van der Waals surface area contributed by atoms with Crippen LogP contribution in [0.3, 0.4) is 0 Å². The van der Waals surface area contributed by atoms with Crippen molar-refractivity contribution in [3.8, 4) is 0 Å². The number of carbonyl (C=O) groups excluding carboxylic acids is 1. The van der Waals surface area contributed by atoms with E-state index >= 15 is 0 Å². The van der Waals surface area contributed by atoms with Gasteiger partial charge in [0, 0.05) is 32.0 Å². The Morgan fingerprint density at radius 1 is 1.11 bits per heavy atom. The summed E-state index contributed by atoms with van der Waals surface area (Å²) in [5.41, 5.74) is 4.38. The van der Waals surface area contributed by atoms with Gasteiger partial charge in [-0.1, -0.05) is 24.3 Å². The Morgan fingerprint density at radius 2 is 1.81 bits per heavy atom. The van der Waals surface area contributed by atoms with E-state index in [1.807, 2.05) is 45.3 Å². The van der Waals surface area contributed by atoms with Crippen LogP contribution in [0, 0.1) is 6.92 Å². The number of aryl methyl sites for hydroxylation is 1. The van der Waals surface area contributed by atoms with Crippen molar-refractivity contribution < 1.29 is 4.79 Å². The number of carbonyl (C=O) groups is 1. The van der Waals surface area contributed by atoms with Crippen molar-refractivity contribution in [2.45, 2.75) is 25.8 Å². The topological polar surface area (TPSA) is 47.6 Å². The van der Waals surface area contributed by atoms with E-state index in [4.69, 9.17) is 0 Å². The molecule has 0 aliphatic carbocycles. The fraction of sp³-hybridized carbons (Fsp3) is 0.409. The number of nitrogens with zero attached hydrogens (tertiary/aromatic N) is 2. The molecule has 5 nitrogen and oxygen atoms in total. The molecule has 1 heterocycles. The molecule has 1 aliphatic rings. The molecule has 2 amide bonds. The highest BCUT2D eigenvalue weighted by atomic mass is 16.2. The first kappa shape index (κ1) is 19.2. The second-order valence-electron chi connectivity index (χ2n) is 7.45. The second kappa shape index (κ2) is 8.91. The van der Waals surface area contributed by atoms with Gasteiger partial charge in [-0.25, -0.2) is 4.79 Å². The Morgan fingerprint density at radius 3 is 2.44 bits per heavy atom. The lowest BCUT2D eigenvalue weighted by Gasteiger charge is -2.28. The molecular weight excluding hydrogens is 336 g/mol. The first-order valence-electron chi connectivity index (χ1n) is 9.66. The van der Waals surface area contributed by atoms with Gasteiger partial charge in [0.1, 0.15) is 0 Å². The minimum atomic E-state index is -0.158. The maximum atomic E-state index is 12.4. The first-order chi connectivity index (χ1) is 13.0. The van der Waals surface area contributed by atoms with Gasteiger partial charge in [-0.05, 0) is 68.2 Å². The maximum Gasteiger partial charge on any atom is 0.319 e. The normalized spacial score (nSPS) is 15.4. The maximum absolute atomic E-state index is 12.4. The molecule has 0 bridgehead atoms. The predicted octanol–water partition coefficient (Wildman–Crippen LogP) is 4.02. The van der Waals surface area contributed by atoms with Gasteiger partial charge in [0.05, 0.1) is 6.04 Å². The van der Waals surface area contributed by atoms with E-state index in [2.05, 4.69) is 44.7 Å². The Balaban J connectivity index is 1.65. The number of anilines is 2. The van der Waals surface area contributed by atoms with E-state index in [0.717, 1.165) is 24.3 Å². The smallest absolute Gasteiger partial charge is 0.319 e. The molecule has 1 saturated heterocycles. The standard InChI is InChI=1S/C22H30N4O/c1-17-7-6-8-19(15-17)24-22(27)23-16-21(26-13-4-5-14-26)18-9-11-20(12-10-18)25(2)3/h6-12,15,21H,4-5,13-14,16H2,1-3H3,(H2,23,24,27)/t21-/m0/s1. The second-order valence-corrected chi connectivity index (χ2v) is 7.45. The molecule has 0 unspecified atom stereocenters. The molecular formula is C22H30N4O. The Hall–Kier alpha value is -2.53. The van der Waals surface area contributed by atoms with Gasteiger partial charge in [0.15, 0.2) is 0 Å². The van der Waals surface area contributed by atoms with E-state index in [1.165, 1.54) is 24.1 Å². The predicted molar refractivity (Wildman–Crippen MR) is 113 cm³/mol. The van der Waals surface area contributed by atoms with E-state index in [1.54, 1.807) is 0 Å². The third kappa shape index (κ3) is 5.23. The van der Waals surface area contributed by atoms with Crippen LogP contribution in [0.4, 0.5) is 16.2 Å². The zero-order chi connectivity index (χ0) is 19.2. The van der Waals surface area contributed by atoms with Gasteiger partial charge in [-0.2, -0.15) is 0 Å². The van der Waals surface area contributed by atoms with Crippen molar-refractivity contribution >= 4 is 17.4 Å². The summed E-state index contributed by atoms with van der Waals surface area (Å²) >= 11 is 0. The van der Waals surface area contributed by atoms with Crippen LogP contribution >= 0.6 is 0 Å². The third-order valence-electron chi connectivity index (χ3n) is 5.11. The fourth-order valence-electron chi connectivity index (χ4n) is 3.59. The molecule has 27 heavy (non-hydrogen) atoms. The summed E-state index contributed by atoms with van der Waals surface area (Å²) in [6.07, 6.45) is 2.45. The van der Waals surface area contributed by atoms with Crippen LogP contribution < -0.4 is 15.5 Å². The quantitative estimate of drug-likeness (QED) is 0.812. The number of benzene rings is 2. The molecule has 0 radical (unpaired) electrons. The molecule has 5 heteroatoms. The Bertz CT molecular complexity index is 751. The fourth-order valence-corrected chi connectivity index (χ4v) is 3.59. The molecule has 2 N–H and O–H groups in total. The van der Waals surface area contributed by atoms with E-state index < -0.39 is 0 Å². The van der Waals surface area contributed by atoms with Crippen LogP contribution in [0.25, 0.3) is 0 Å². The lowest BCUT2D eigenvalue weighted by atomic mass is 10.0. The summed E-state index contributed by atoms with van der Waals surface area (Å²) in [6.45, 7) is 4.78. The molecule has 1 fully saturated rings. The van der Waals surface area contributed by atoms with Crippen LogP contribution in [0.1, 0.15) is 30.0 Å². The zero-order valence-corrected chi connectivity index (χ0v) is 16.5. The van der Waals surface area contributed by atoms with Gasteiger partial charge in [0.2, 0.25) is 0 Å². The zero-order valence-electron chi connectivity index (χ0n) is 16.5. The van der Waals surface area contributed by atoms with Crippen molar-refractivity contribution in [2.75, 3.05) is 43.9 Å². The Kier molecular flexibility index (Phi) is 6.35. The van der Waals surface area contributed by atoms with Gasteiger partial charge < -0.3 is 15.5 Å². The van der Waals surface area contributed by atoms with Crippen LogP contribution in [-0.4, -0.2) is 44.7 Å². The van der Waals surface area contributed by atoms with E-state index in [9.17, 15) is 4.79 Å². The van der Waals surface area contributed by atoms with Crippen LogP contribution in [0.5, 0.6) is 0 Å². The average Bonchev–Trinajstić information content (AvgIpc) is 3.17. The lowest BCUT2D eigenvalue weighted by molar-refractivity contribution is 0.227. The largest absolute Gasteiger partial charge is 0.378 e. The molecule has 1 atom stereocenters. The highest BCUT2D eigenvalue weighted by Crippen LogP contribution is 2.26. The molecule has 1 aliphatic heterocycles. The average molecular weight is 367 g/mol. The summed E-state index contributed by atoms with van der Waals surface area (Å²) in [7, 11) is 4.09. The number of hydrogen-bond acceptors (Lipinski definition) is 3. The van der Waals surface area contributed by atoms with Gasteiger partial charge in [-0.15, -0.1) is 0 Å². The minimum absolute atomic E-state index is 0.158. The summed E-state index contributed by atoms with van der Waals surface area (Å²) in [4.78, 5) is 16.9. The molecule has 0 spiro atoms. The number of likely N-dealkylation sites (tertiary alicyclic amines) is 1. The Labute approximate surface area is 162 Å². The number of rotatable bonds is 6. The van der Waals surface area contributed by atoms with Gasteiger partial charge in [0.25, 0.3) is 0 Å². The monoisotopic (exact) mass is 366 g/mol. The summed E-state index contributed by atoms with van der Waals surface area (Å²) in [5, 5.41) is 5.99. The molecule has 0 saturated carbocycles. The van der Waals surface area contributed by atoms with Crippen LogP contribution in [-0.2, 0) is 0 Å². The number of amides is 2. The molecule has 2 aromatic rings. The summed E-state index contributed by atoms with van der Waals surface area (Å²) < 4.78 is 0. The number of urea groups is 1. The van der Waals surface area contributed by atoms with Crippen molar-refractivity contribution in [2.24, 2.45) is 0 Å². The van der Waals surface area contributed by atoms with Gasteiger partial charge in [-0.3, -0.25) is 4.90 Å². The summed E-state index contributed by atoms with van der Waals surface area (Å²) in [6, 6.07) is 16.5. The van der Waals surface area contributed by atoms with Crippen molar-refractivity contribution in [1.82, 2.24) is 10.2 Å². The molecule has 2 aromatic carbocycles.